The van der Waals surface area contributed by atoms with Gasteiger partial charge in [-0.3, -0.25) is 10.00 Å². The summed E-state index contributed by atoms with van der Waals surface area (Å²) >= 11 is 0. The summed E-state index contributed by atoms with van der Waals surface area (Å²) in [5.74, 6) is 0.531. The van der Waals surface area contributed by atoms with Crippen LogP contribution in [0.25, 0.3) is 0 Å². The highest BCUT2D eigenvalue weighted by atomic mass is 19.4. The van der Waals surface area contributed by atoms with E-state index in [0.29, 0.717) is 18.8 Å². The molecular formula is C9H13F3N4. The summed E-state index contributed by atoms with van der Waals surface area (Å²) < 4.78 is 37.1. The number of rotatable bonds is 2. The van der Waals surface area contributed by atoms with Crippen molar-refractivity contribution in [3.05, 3.63) is 12.2 Å². The summed E-state index contributed by atoms with van der Waals surface area (Å²) in [6.07, 6.45) is -0.392. The third kappa shape index (κ3) is 2.72. The molecule has 1 aromatic heterocycles. The Balaban J connectivity index is 2.08. The lowest BCUT2D eigenvalue weighted by molar-refractivity contribution is -0.154. The van der Waals surface area contributed by atoms with Crippen LogP contribution in [0.15, 0.2) is 6.33 Å². The smallest absolute Gasteiger partial charge is 0.285 e. The monoisotopic (exact) mass is 234 g/mol. The van der Waals surface area contributed by atoms with E-state index >= 15 is 0 Å². The molecule has 1 fully saturated rings. The molecule has 2 heterocycles. The van der Waals surface area contributed by atoms with Crippen molar-refractivity contribution < 1.29 is 13.2 Å². The van der Waals surface area contributed by atoms with Gasteiger partial charge in [-0.05, 0) is 19.4 Å². The van der Waals surface area contributed by atoms with Gasteiger partial charge < -0.3 is 0 Å². The first kappa shape index (κ1) is 11.4. The number of hydrogen-bond acceptors (Lipinski definition) is 3. The van der Waals surface area contributed by atoms with Crippen LogP contribution >= 0.6 is 0 Å². The van der Waals surface area contributed by atoms with Gasteiger partial charge in [0.15, 0.2) is 0 Å². The van der Waals surface area contributed by atoms with E-state index in [2.05, 4.69) is 15.2 Å². The fraction of sp³-hybridized carbons (Fsp3) is 0.778. The van der Waals surface area contributed by atoms with Crippen molar-refractivity contribution in [1.29, 1.82) is 0 Å². The first-order valence-electron chi connectivity index (χ1n) is 5.22. The van der Waals surface area contributed by atoms with Gasteiger partial charge in [-0.15, -0.1) is 0 Å². The number of nitrogens with one attached hydrogen (secondary N) is 1. The average molecular weight is 234 g/mol. The van der Waals surface area contributed by atoms with Gasteiger partial charge in [0.2, 0.25) is 0 Å². The van der Waals surface area contributed by atoms with E-state index in [1.54, 1.807) is 0 Å². The minimum absolute atomic E-state index is 0.280. The third-order valence-corrected chi connectivity index (χ3v) is 2.75. The fourth-order valence-electron chi connectivity index (χ4n) is 2.10. The second kappa shape index (κ2) is 4.40. The molecule has 0 spiro atoms. The van der Waals surface area contributed by atoms with Gasteiger partial charge in [0.1, 0.15) is 12.2 Å². The number of alkyl halides is 3. The Hall–Kier alpha value is -1.11. The predicted molar refractivity (Wildman–Crippen MR) is 50.6 cm³/mol. The molecule has 0 aromatic carbocycles. The number of halogens is 3. The molecule has 0 saturated carbocycles. The third-order valence-electron chi connectivity index (χ3n) is 2.75. The van der Waals surface area contributed by atoms with Gasteiger partial charge in [-0.25, -0.2) is 4.98 Å². The van der Waals surface area contributed by atoms with Crippen molar-refractivity contribution in [2.24, 2.45) is 0 Å². The number of likely N-dealkylation sites (tertiary alicyclic amines) is 1. The maximum Gasteiger partial charge on any atom is 0.401 e. The van der Waals surface area contributed by atoms with Gasteiger partial charge in [-0.2, -0.15) is 18.3 Å². The van der Waals surface area contributed by atoms with E-state index in [0.717, 1.165) is 12.8 Å². The highest BCUT2D eigenvalue weighted by Crippen LogP contribution is 2.31. The van der Waals surface area contributed by atoms with Crippen LogP contribution in [-0.2, 0) is 0 Å². The van der Waals surface area contributed by atoms with Crippen LogP contribution in [0.3, 0.4) is 0 Å². The summed E-state index contributed by atoms with van der Waals surface area (Å²) in [5, 5.41) is 6.34. The first-order chi connectivity index (χ1) is 7.56. The van der Waals surface area contributed by atoms with E-state index < -0.39 is 12.7 Å². The van der Waals surface area contributed by atoms with E-state index in [-0.39, 0.29) is 6.04 Å². The summed E-state index contributed by atoms with van der Waals surface area (Å²) in [4.78, 5) is 5.37. The van der Waals surface area contributed by atoms with Crippen LogP contribution in [-0.4, -0.2) is 39.3 Å². The fourth-order valence-corrected chi connectivity index (χ4v) is 2.10. The Bertz CT molecular complexity index is 322. The maximum atomic E-state index is 12.4. The molecule has 1 aliphatic heterocycles. The number of aromatic amines is 1. The Morgan fingerprint density at radius 2 is 2.25 bits per heavy atom. The maximum absolute atomic E-state index is 12.4. The molecule has 7 heteroatoms. The van der Waals surface area contributed by atoms with E-state index in [4.69, 9.17) is 0 Å². The van der Waals surface area contributed by atoms with E-state index in [9.17, 15) is 13.2 Å². The van der Waals surface area contributed by atoms with Crippen molar-refractivity contribution in [2.45, 2.75) is 31.5 Å². The number of aromatic nitrogens is 3. The second-order valence-corrected chi connectivity index (χ2v) is 3.97. The van der Waals surface area contributed by atoms with Crippen LogP contribution in [0.5, 0.6) is 0 Å². The molecule has 0 aliphatic carbocycles. The zero-order valence-corrected chi connectivity index (χ0v) is 8.67. The lowest BCUT2D eigenvalue weighted by Crippen LogP contribution is -2.40. The molecule has 1 saturated heterocycles. The SMILES string of the molecule is FC(F)(F)CN1CCCC[C@@H]1c1ncn[nH]1. The molecule has 1 aromatic rings. The Morgan fingerprint density at radius 1 is 1.44 bits per heavy atom. The predicted octanol–water partition coefficient (Wildman–Crippen LogP) is 1.89. The van der Waals surface area contributed by atoms with Crippen LogP contribution < -0.4 is 0 Å². The van der Waals surface area contributed by atoms with Crippen LogP contribution in [0.4, 0.5) is 13.2 Å². The quantitative estimate of drug-likeness (QED) is 0.849. The molecule has 0 radical (unpaired) electrons. The molecule has 90 valence electrons. The highest BCUT2D eigenvalue weighted by Gasteiger charge is 2.36. The standard InChI is InChI=1S/C9H13F3N4/c10-9(11,12)5-16-4-2-1-3-7(16)8-13-6-14-15-8/h6-7H,1-5H2,(H,13,14,15)/t7-/m1/s1. The Kier molecular flexibility index (Phi) is 3.13. The van der Waals surface area contributed by atoms with Gasteiger partial charge >= 0.3 is 6.18 Å². The normalized spacial score (nSPS) is 23.6. The van der Waals surface area contributed by atoms with Crippen molar-refractivity contribution in [3.63, 3.8) is 0 Å². The molecule has 0 amide bonds. The van der Waals surface area contributed by atoms with E-state index in [1.165, 1.54) is 11.2 Å². The average Bonchev–Trinajstić information content (AvgIpc) is 2.69. The van der Waals surface area contributed by atoms with Gasteiger partial charge in [0, 0.05) is 0 Å². The minimum atomic E-state index is -4.16. The molecule has 1 N–H and O–H groups in total. The Labute approximate surface area is 90.9 Å². The van der Waals surface area contributed by atoms with Crippen molar-refractivity contribution in [1.82, 2.24) is 20.1 Å². The molecule has 16 heavy (non-hydrogen) atoms. The molecule has 0 unspecified atom stereocenters. The lowest BCUT2D eigenvalue weighted by atomic mass is 10.0. The second-order valence-electron chi connectivity index (χ2n) is 3.97. The molecule has 0 bridgehead atoms. The van der Waals surface area contributed by atoms with Gasteiger partial charge in [-0.1, -0.05) is 6.42 Å². The van der Waals surface area contributed by atoms with E-state index in [1.807, 2.05) is 0 Å². The van der Waals surface area contributed by atoms with Gasteiger partial charge in [0.05, 0.1) is 12.6 Å². The topological polar surface area (TPSA) is 44.8 Å². The van der Waals surface area contributed by atoms with Crippen LogP contribution in [0.1, 0.15) is 31.1 Å². The summed E-state index contributed by atoms with van der Waals surface area (Å²) in [6.45, 7) is -0.413. The number of nitrogens with zero attached hydrogens (tertiary/aromatic N) is 3. The zero-order chi connectivity index (χ0) is 11.6. The summed E-state index contributed by atoms with van der Waals surface area (Å²) in [7, 11) is 0. The summed E-state index contributed by atoms with van der Waals surface area (Å²) in [6, 6.07) is -0.280. The van der Waals surface area contributed by atoms with Crippen molar-refractivity contribution >= 4 is 0 Å². The number of piperidine rings is 1. The van der Waals surface area contributed by atoms with Crippen molar-refractivity contribution in [2.75, 3.05) is 13.1 Å². The molecule has 1 atom stereocenters. The van der Waals surface area contributed by atoms with Crippen LogP contribution in [0.2, 0.25) is 0 Å². The summed E-state index contributed by atoms with van der Waals surface area (Å²) in [5.41, 5.74) is 0. The van der Waals surface area contributed by atoms with Crippen LogP contribution in [0, 0.1) is 0 Å². The lowest BCUT2D eigenvalue weighted by Gasteiger charge is -2.34. The number of hydrogen-bond donors (Lipinski definition) is 1. The largest absolute Gasteiger partial charge is 0.401 e. The zero-order valence-electron chi connectivity index (χ0n) is 8.67. The molecule has 2 rings (SSSR count). The van der Waals surface area contributed by atoms with Gasteiger partial charge in [0.25, 0.3) is 0 Å². The molecule has 1 aliphatic rings. The first-order valence-corrected chi connectivity index (χ1v) is 5.22. The highest BCUT2D eigenvalue weighted by molar-refractivity contribution is 4.95. The Morgan fingerprint density at radius 3 is 2.88 bits per heavy atom. The minimum Gasteiger partial charge on any atom is -0.285 e. The van der Waals surface area contributed by atoms with Crippen molar-refractivity contribution in [3.8, 4) is 0 Å². The number of H-pyrrole nitrogens is 1. The molecule has 4 nitrogen and oxygen atoms in total. The molecular weight excluding hydrogens is 221 g/mol.